The molecule has 1 heterocycles. The van der Waals surface area contributed by atoms with Crippen molar-refractivity contribution < 1.29 is 19.1 Å². The number of esters is 1. The Kier molecular flexibility index (Phi) is 8.98. The van der Waals surface area contributed by atoms with Crippen LogP contribution in [-0.4, -0.2) is 49.9 Å². The zero-order chi connectivity index (χ0) is 30.3. The molecule has 0 radical (unpaired) electrons. The molecule has 2 N–H and O–H groups in total. The SMILES string of the molecule is CCOC(=O)c1ccc2c(c1)NC(=O)/C2=C(\Nc1ccc(N(C)C(=O)CN(C)Cc2ccccc2)cc1)c1ccccc1. The minimum absolute atomic E-state index is 0.0207. The van der Waals surface area contributed by atoms with Gasteiger partial charge in [0.2, 0.25) is 5.91 Å². The zero-order valence-corrected chi connectivity index (χ0v) is 24.5. The molecule has 1 aliphatic heterocycles. The Morgan fingerprint density at radius 1 is 0.837 bits per heavy atom. The summed E-state index contributed by atoms with van der Waals surface area (Å²) >= 11 is 0. The first-order chi connectivity index (χ1) is 20.8. The highest BCUT2D eigenvalue weighted by molar-refractivity contribution is 6.37. The lowest BCUT2D eigenvalue weighted by atomic mass is 9.99. The van der Waals surface area contributed by atoms with Crippen LogP contribution in [0.2, 0.25) is 0 Å². The van der Waals surface area contributed by atoms with Crippen molar-refractivity contribution in [2.45, 2.75) is 13.5 Å². The molecule has 0 bridgehead atoms. The highest BCUT2D eigenvalue weighted by Gasteiger charge is 2.29. The molecule has 5 rings (SSSR count). The van der Waals surface area contributed by atoms with Crippen molar-refractivity contribution in [2.24, 2.45) is 0 Å². The Balaban J connectivity index is 1.37. The van der Waals surface area contributed by atoms with Crippen LogP contribution in [0.1, 0.15) is 34.0 Å². The largest absolute Gasteiger partial charge is 0.462 e. The van der Waals surface area contributed by atoms with Crippen LogP contribution in [0.5, 0.6) is 0 Å². The molecule has 218 valence electrons. The quantitative estimate of drug-likeness (QED) is 0.181. The van der Waals surface area contributed by atoms with Gasteiger partial charge in [0.1, 0.15) is 0 Å². The normalized spacial score (nSPS) is 13.3. The van der Waals surface area contributed by atoms with Gasteiger partial charge in [-0.3, -0.25) is 14.5 Å². The number of nitrogens with one attached hydrogen (secondary N) is 2. The van der Waals surface area contributed by atoms with Gasteiger partial charge in [0.25, 0.3) is 5.91 Å². The van der Waals surface area contributed by atoms with Crippen molar-refractivity contribution in [1.82, 2.24) is 4.90 Å². The second-order valence-corrected chi connectivity index (χ2v) is 10.3. The minimum Gasteiger partial charge on any atom is -0.462 e. The third kappa shape index (κ3) is 6.82. The van der Waals surface area contributed by atoms with E-state index in [2.05, 4.69) is 10.6 Å². The first kappa shape index (κ1) is 29.3. The molecule has 2 amide bonds. The van der Waals surface area contributed by atoms with Crippen LogP contribution >= 0.6 is 0 Å². The standard InChI is InChI=1S/C35H34N4O4/c1-4-43-35(42)26-15-20-29-30(21-26)37-34(41)32(29)33(25-13-9-6-10-14-25)36-27-16-18-28(19-17-27)39(3)31(40)23-38(2)22-24-11-7-5-8-12-24/h5-21,36H,4,22-23H2,1-3H3,(H,37,41)/b33-32-. The number of rotatable bonds is 10. The van der Waals surface area contributed by atoms with E-state index in [0.717, 1.165) is 22.5 Å². The van der Waals surface area contributed by atoms with E-state index in [1.807, 2.05) is 96.9 Å². The number of hydrogen-bond acceptors (Lipinski definition) is 6. The van der Waals surface area contributed by atoms with Crippen molar-refractivity contribution in [2.75, 3.05) is 42.8 Å². The fraction of sp³-hybridized carbons (Fsp3) is 0.171. The first-order valence-electron chi connectivity index (χ1n) is 14.1. The minimum atomic E-state index is -0.440. The predicted octanol–water partition coefficient (Wildman–Crippen LogP) is 5.89. The van der Waals surface area contributed by atoms with Crippen molar-refractivity contribution in [3.05, 3.63) is 125 Å². The van der Waals surface area contributed by atoms with Crippen LogP contribution in [-0.2, 0) is 20.9 Å². The molecule has 8 nitrogen and oxygen atoms in total. The van der Waals surface area contributed by atoms with Gasteiger partial charge in [-0.25, -0.2) is 4.79 Å². The second kappa shape index (κ2) is 13.2. The highest BCUT2D eigenvalue weighted by atomic mass is 16.5. The van der Waals surface area contributed by atoms with E-state index in [1.165, 1.54) is 0 Å². The molecule has 0 fully saturated rings. The smallest absolute Gasteiger partial charge is 0.338 e. The van der Waals surface area contributed by atoms with Crippen LogP contribution in [0.25, 0.3) is 11.3 Å². The van der Waals surface area contributed by atoms with Crippen molar-refractivity contribution in [3.63, 3.8) is 0 Å². The summed E-state index contributed by atoms with van der Waals surface area (Å²) in [6.45, 7) is 2.98. The molecular formula is C35H34N4O4. The van der Waals surface area contributed by atoms with Crippen LogP contribution in [0.15, 0.2) is 103 Å². The molecule has 8 heteroatoms. The van der Waals surface area contributed by atoms with E-state index in [9.17, 15) is 14.4 Å². The molecule has 0 saturated carbocycles. The van der Waals surface area contributed by atoms with Gasteiger partial charge in [-0.2, -0.15) is 0 Å². The van der Waals surface area contributed by atoms with Gasteiger partial charge in [0.15, 0.2) is 0 Å². The number of fused-ring (bicyclic) bond motifs is 1. The summed E-state index contributed by atoms with van der Waals surface area (Å²) < 4.78 is 5.12. The fourth-order valence-corrected chi connectivity index (χ4v) is 4.99. The van der Waals surface area contributed by atoms with E-state index >= 15 is 0 Å². The molecule has 0 aliphatic carbocycles. The number of carbonyl (C=O) groups excluding carboxylic acids is 3. The molecule has 0 aromatic heterocycles. The molecule has 0 atom stereocenters. The maximum Gasteiger partial charge on any atom is 0.338 e. The number of ether oxygens (including phenoxy) is 1. The zero-order valence-electron chi connectivity index (χ0n) is 24.5. The summed E-state index contributed by atoms with van der Waals surface area (Å²) in [4.78, 5) is 42.2. The summed E-state index contributed by atoms with van der Waals surface area (Å²) in [5, 5.41) is 6.33. The lowest BCUT2D eigenvalue weighted by molar-refractivity contribution is -0.119. The van der Waals surface area contributed by atoms with Gasteiger partial charge in [-0.15, -0.1) is 0 Å². The predicted molar refractivity (Wildman–Crippen MR) is 171 cm³/mol. The topological polar surface area (TPSA) is 91.0 Å². The lowest BCUT2D eigenvalue weighted by Gasteiger charge is -2.22. The Morgan fingerprint density at radius 2 is 1.51 bits per heavy atom. The van der Waals surface area contributed by atoms with Gasteiger partial charge in [0.05, 0.1) is 35.7 Å². The van der Waals surface area contributed by atoms with Crippen molar-refractivity contribution >= 4 is 46.1 Å². The lowest BCUT2D eigenvalue weighted by Crippen LogP contribution is -2.36. The molecular weight excluding hydrogens is 540 g/mol. The van der Waals surface area contributed by atoms with Gasteiger partial charge in [-0.05, 0) is 61.5 Å². The summed E-state index contributed by atoms with van der Waals surface area (Å²) in [5.41, 5.74) is 6.19. The van der Waals surface area contributed by atoms with Crippen LogP contribution in [0.4, 0.5) is 17.1 Å². The molecule has 43 heavy (non-hydrogen) atoms. The van der Waals surface area contributed by atoms with E-state index in [1.54, 1.807) is 37.1 Å². The summed E-state index contributed by atoms with van der Waals surface area (Å²) in [7, 11) is 3.70. The number of benzene rings is 4. The van der Waals surface area contributed by atoms with Crippen LogP contribution in [0, 0.1) is 0 Å². The Morgan fingerprint density at radius 3 is 2.19 bits per heavy atom. The Labute approximate surface area is 251 Å². The van der Waals surface area contributed by atoms with Crippen LogP contribution < -0.4 is 15.5 Å². The third-order valence-electron chi connectivity index (χ3n) is 7.19. The average Bonchev–Trinajstić information content (AvgIpc) is 3.35. The number of anilines is 3. The number of nitrogens with zero attached hydrogens (tertiary/aromatic N) is 2. The number of amides is 2. The molecule has 1 aliphatic rings. The maximum atomic E-state index is 13.3. The molecule has 4 aromatic rings. The number of carbonyl (C=O) groups is 3. The van der Waals surface area contributed by atoms with E-state index < -0.39 is 5.97 Å². The molecule has 4 aromatic carbocycles. The number of likely N-dealkylation sites (N-methyl/N-ethyl adjacent to an activating group) is 2. The first-order valence-corrected chi connectivity index (χ1v) is 14.1. The maximum absolute atomic E-state index is 13.3. The van der Waals surface area contributed by atoms with Gasteiger partial charge in [-0.1, -0.05) is 66.7 Å². The molecule has 0 unspecified atom stereocenters. The monoisotopic (exact) mass is 574 g/mol. The average molecular weight is 575 g/mol. The van der Waals surface area contributed by atoms with Crippen LogP contribution in [0.3, 0.4) is 0 Å². The highest BCUT2D eigenvalue weighted by Crippen LogP contribution is 2.38. The summed E-state index contributed by atoms with van der Waals surface area (Å²) in [6.07, 6.45) is 0. The molecule has 0 saturated heterocycles. The van der Waals surface area contributed by atoms with E-state index in [0.29, 0.717) is 34.6 Å². The summed E-state index contributed by atoms with van der Waals surface area (Å²) in [6, 6.07) is 32.2. The van der Waals surface area contributed by atoms with Gasteiger partial charge < -0.3 is 20.3 Å². The third-order valence-corrected chi connectivity index (χ3v) is 7.19. The summed E-state index contributed by atoms with van der Waals surface area (Å²) in [5.74, 6) is -0.735. The van der Waals surface area contributed by atoms with E-state index in [-0.39, 0.29) is 25.0 Å². The number of hydrogen-bond donors (Lipinski definition) is 2. The fourth-order valence-electron chi connectivity index (χ4n) is 4.99. The second-order valence-electron chi connectivity index (χ2n) is 10.3. The van der Waals surface area contributed by atoms with E-state index in [4.69, 9.17) is 4.74 Å². The molecule has 0 spiro atoms. The van der Waals surface area contributed by atoms with Gasteiger partial charge >= 0.3 is 5.97 Å². The van der Waals surface area contributed by atoms with Gasteiger partial charge in [0, 0.05) is 30.5 Å². The van der Waals surface area contributed by atoms with Crippen molar-refractivity contribution in [3.8, 4) is 0 Å². The Hall–Kier alpha value is -5.21. The van der Waals surface area contributed by atoms with Crippen molar-refractivity contribution in [1.29, 1.82) is 0 Å². The Bertz CT molecular complexity index is 1650.